The first-order chi connectivity index (χ1) is 9.88. The van der Waals surface area contributed by atoms with E-state index >= 15 is 0 Å². The van der Waals surface area contributed by atoms with Gasteiger partial charge in [0.15, 0.2) is 11.6 Å². The van der Waals surface area contributed by atoms with Crippen LogP contribution in [0.1, 0.15) is 24.1 Å². The van der Waals surface area contributed by atoms with Crippen molar-refractivity contribution < 1.29 is 8.78 Å². The molecule has 0 saturated heterocycles. The van der Waals surface area contributed by atoms with Crippen LogP contribution in [0.5, 0.6) is 0 Å². The molecular weight excluding hydrogens is 314 g/mol. The number of nitrogens with one attached hydrogen (secondary N) is 1. The molecule has 0 spiro atoms. The first kappa shape index (κ1) is 16.2. The maximum absolute atomic E-state index is 13.5. The van der Waals surface area contributed by atoms with Crippen molar-refractivity contribution in [1.29, 1.82) is 0 Å². The van der Waals surface area contributed by atoms with Gasteiger partial charge in [0.05, 0.1) is 11.6 Å². The smallest absolute Gasteiger partial charge is 0.159 e. The fourth-order valence-electron chi connectivity index (χ4n) is 2.14. The van der Waals surface area contributed by atoms with Gasteiger partial charge in [0.1, 0.15) is 0 Å². The van der Waals surface area contributed by atoms with Crippen molar-refractivity contribution in [1.82, 2.24) is 4.72 Å². The molecule has 6 heteroatoms. The molecule has 0 aliphatic rings. The van der Waals surface area contributed by atoms with Gasteiger partial charge in [-0.3, -0.25) is 4.72 Å². The number of halogens is 3. The summed E-state index contributed by atoms with van der Waals surface area (Å²) < 4.78 is 29.4. The van der Waals surface area contributed by atoms with Gasteiger partial charge < -0.3 is 5.73 Å². The van der Waals surface area contributed by atoms with Gasteiger partial charge in [0.25, 0.3) is 0 Å². The van der Waals surface area contributed by atoms with E-state index in [-0.39, 0.29) is 0 Å². The normalized spacial score (nSPS) is 15.5. The molecule has 2 unspecified atom stereocenters. The summed E-state index contributed by atoms with van der Waals surface area (Å²) in [6.07, 6.45) is 0. The van der Waals surface area contributed by atoms with Crippen molar-refractivity contribution in [3.8, 4) is 0 Å². The molecule has 2 atom stereocenters. The molecule has 0 bridgehead atoms. The Kier molecular flexibility index (Phi) is 4.88. The minimum absolute atomic E-state index is 0.499. The summed E-state index contributed by atoms with van der Waals surface area (Å²) in [5, 5.41) is 0.597. The Labute approximate surface area is 132 Å². The standard InChI is InChI=1S/C15H15ClF2N2S/c1-15(20-21,10-4-7-12(17)13(18)8-10)14(19)9-2-5-11(16)6-3-9/h2-8,14,20-21H,19H2,1H3. The highest BCUT2D eigenvalue weighted by Gasteiger charge is 2.34. The van der Waals surface area contributed by atoms with Crippen LogP contribution in [0.4, 0.5) is 8.78 Å². The number of hydrogen-bond acceptors (Lipinski definition) is 3. The molecule has 0 radical (unpaired) electrons. The number of thiol groups is 1. The molecule has 3 N–H and O–H groups in total. The van der Waals surface area contributed by atoms with Gasteiger partial charge in [-0.2, -0.15) is 0 Å². The van der Waals surface area contributed by atoms with Gasteiger partial charge in [0, 0.05) is 5.02 Å². The molecule has 0 aliphatic carbocycles. The summed E-state index contributed by atoms with van der Waals surface area (Å²) in [5.41, 5.74) is 6.70. The second-order valence-electron chi connectivity index (χ2n) is 4.97. The summed E-state index contributed by atoms with van der Waals surface area (Å²) in [5.74, 6) is -1.83. The van der Waals surface area contributed by atoms with Crippen LogP contribution in [-0.2, 0) is 5.54 Å². The molecule has 112 valence electrons. The Morgan fingerprint density at radius 3 is 2.29 bits per heavy atom. The van der Waals surface area contributed by atoms with E-state index in [0.29, 0.717) is 10.6 Å². The summed E-state index contributed by atoms with van der Waals surface area (Å²) in [6.45, 7) is 1.77. The van der Waals surface area contributed by atoms with Crippen molar-refractivity contribution in [3.05, 3.63) is 70.2 Å². The van der Waals surface area contributed by atoms with Gasteiger partial charge in [-0.05, 0) is 42.3 Å². The van der Waals surface area contributed by atoms with Crippen LogP contribution in [0.3, 0.4) is 0 Å². The zero-order valence-corrected chi connectivity index (χ0v) is 12.9. The molecule has 0 amide bonds. The van der Waals surface area contributed by atoms with Crippen molar-refractivity contribution in [3.63, 3.8) is 0 Å². The third kappa shape index (κ3) is 3.21. The van der Waals surface area contributed by atoms with E-state index in [0.717, 1.165) is 17.7 Å². The Hall–Kier alpha value is -1.14. The lowest BCUT2D eigenvalue weighted by atomic mass is 9.82. The molecule has 21 heavy (non-hydrogen) atoms. The largest absolute Gasteiger partial charge is 0.322 e. The quantitative estimate of drug-likeness (QED) is 0.743. The van der Waals surface area contributed by atoms with Crippen LogP contribution in [0.25, 0.3) is 0 Å². The Morgan fingerprint density at radius 1 is 1.14 bits per heavy atom. The first-order valence-electron chi connectivity index (χ1n) is 6.26. The average Bonchev–Trinajstić information content (AvgIpc) is 2.49. The zero-order chi connectivity index (χ0) is 15.6. The van der Waals surface area contributed by atoms with Crippen LogP contribution < -0.4 is 10.5 Å². The van der Waals surface area contributed by atoms with E-state index in [1.165, 1.54) is 6.07 Å². The molecule has 2 aromatic rings. The first-order valence-corrected chi connectivity index (χ1v) is 7.09. The molecule has 2 nitrogen and oxygen atoms in total. The lowest BCUT2D eigenvalue weighted by Gasteiger charge is -2.35. The molecule has 0 heterocycles. The average molecular weight is 329 g/mol. The van der Waals surface area contributed by atoms with E-state index in [1.54, 1.807) is 31.2 Å². The summed E-state index contributed by atoms with van der Waals surface area (Å²) >= 11 is 9.97. The van der Waals surface area contributed by atoms with E-state index in [1.807, 2.05) is 0 Å². The Balaban J connectivity index is 2.44. The van der Waals surface area contributed by atoms with Crippen molar-refractivity contribution in [2.24, 2.45) is 5.73 Å². The van der Waals surface area contributed by atoms with E-state index in [2.05, 4.69) is 17.5 Å². The SMILES string of the molecule is CC(NS)(c1ccc(F)c(F)c1)C(N)c1ccc(Cl)cc1. The molecule has 0 fully saturated rings. The van der Waals surface area contributed by atoms with Crippen molar-refractivity contribution in [2.45, 2.75) is 18.5 Å². The predicted molar refractivity (Wildman–Crippen MR) is 84.2 cm³/mol. The highest BCUT2D eigenvalue weighted by molar-refractivity contribution is 7.78. The molecule has 2 aromatic carbocycles. The van der Waals surface area contributed by atoms with E-state index in [4.69, 9.17) is 17.3 Å². The second kappa shape index (κ2) is 6.32. The molecular formula is C15H15ClF2N2S. The monoisotopic (exact) mass is 328 g/mol. The third-order valence-electron chi connectivity index (χ3n) is 3.60. The summed E-state index contributed by atoms with van der Waals surface area (Å²) in [4.78, 5) is 0. The van der Waals surface area contributed by atoms with Crippen LogP contribution in [-0.4, -0.2) is 0 Å². The van der Waals surface area contributed by atoms with Crippen LogP contribution >= 0.6 is 24.4 Å². The number of nitrogens with two attached hydrogens (primary N) is 1. The van der Waals surface area contributed by atoms with Crippen LogP contribution in [0.2, 0.25) is 5.02 Å². The van der Waals surface area contributed by atoms with E-state index < -0.39 is 23.2 Å². The minimum atomic E-state index is -0.925. The number of hydrogen-bond donors (Lipinski definition) is 3. The summed E-state index contributed by atoms with van der Waals surface area (Å²) in [7, 11) is 0. The van der Waals surface area contributed by atoms with Crippen LogP contribution in [0, 0.1) is 11.6 Å². The maximum Gasteiger partial charge on any atom is 0.159 e. The van der Waals surface area contributed by atoms with Gasteiger partial charge >= 0.3 is 0 Å². The zero-order valence-electron chi connectivity index (χ0n) is 11.3. The lowest BCUT2D eigenvalue weighted by Crippen LogP contribution is -2.44. The minimum Gasteiger partial charge on any atom is -0.322 e. The van der Waals surface area contributed by atoms with Gasteiger partial charge in [-0.15, -0.1) is 0 Å². The Bertz CT molecular complexity index is 636. The fourth-order valence-corrected chi connectivity index (χ4v) is 2.53. The second-order valence-corrected chi connectivity index (χ2v) is 5.63. The van der Waals surface area contributed by atoms with Gasteiger partial charge in [-0.1, -0.05) is 42.6 Å². The lowest BCUT2D eigenvalue weighted by molar-refractivity contribution is 0.365. The summed E-state index contributed by atoms with van der Waals surface area (Å²) in [6, 6.07) is 10.2. The fraction of sp³-hybridized carbons (Fsp3) is 0.200. The molecule has 2 rings (SSSR count). The number of benzene rings is 2. The topological polar surface area (TPSA) is 38.0 Å². The maximum atomic E-state index is 13.5. The number of rotatable bonds is 4. The predicted octanol–water partition coefficient (Wildman–Crippen LogP) is 3.97. The van der Waals surface area contributed by atoms with Crippen LogP contribution in [0.15, 0.2) is 42.5 Å². The van der Waals surface area contributed by atoms with Crippen molar-refractivity contribution in [2.75, 3.05) is 0 Å². The van der Waals surface area contributed by atoms with Gasteiger partial charge in [-0.25, -0.2) is 8.78 Å². The van der Waals surface area contributed by atoms with E-state index in [9.17, 15) is 8.78 Å². The molecule has 0 saturated carbocycles. The highest BCUT2D eigenvalue weighted by Crippen LogP contribution is 2.34. The van der Waals surface area contributed by atoms with Crippen molar-refractivity contribution >= 4 is 24.4 Å². The highest BCUT2D eigenvalue weighted by atomic mass is 35.5. The molecule has 0 aliphatic heterocycles. The van der Waals surface area contributed by atoms with Gasteiger partial charge in [0.2, 0.25) is 0 Å². The third-order valence-corrected chi connectivity index (χ3v) is 4.32. The Morgan fingerprint density at radius 2 is 1.76 bits per heavy atom. The molecule has 0 aromatic heterocycles.